The SMILES string of the molecule is Cc1nc(C(F)(F)F)ccc1C(=O)c1cc(O)c(O)c([N+](=O)[O-])c1. The highest BCUT2D eigenvalue weighted by atomic mass is 19.4. The number of aromatic nitrogens is 1. The van der Waals surface area contributed by atoms with Gasteiger partial charge in [0.1, 0.15) is 5.69 Å². The van der Waals surface area contributed by atoms with Crippen LogP contribution in [0.4, 0.5) is 18.9 Å². The second kappa shape index (κ2) is 5.80. The van der Waals surface area contributed by atoms with Crippen LogP contribution in [0.3, 0.4) is 0 Å². The maximum Gasteiger partial charge on any atom is 0.433 e. The molecule has 7 nitrogen and oxygen atoms in total. The largest absolute Gasteiger partial charge is 0.504 e. The van der Waals surface area contributed by atoms with E-state index in [2.05, 4.69) is 4.98 Å². The normalized spacial score (nSPS) is 11.3. The number of aryl methyl sites for hydroxylation is 1. The van der Waals surface area contributed by atoms with Crippen LogP contribution < -0.4 is 0 Å². The molecule has 126 valence electrons. The lowest BCUT2D eigenvalue weighted by atomic mass is 10.0. The van der Waals surface area contributed by atoms with Crippen molar-refractivity contribution in [3.8, 4) is 11.5 Å². The number of phenolic OH excluding ortho intramolecular Hbond substituents is 2. The Kier molecular flexibility index (Phi) is 4.15. The van der Waals surface area contributed by atoms with Crippen LogP contribution >= 0.6 is 0 Å². The molecule has 2 rings (SSSR count). The molecule has 0 amide bonds. The van der Waals surface area contributed by atoms with E-state index in [1.807, 2.05) is 0 Å². The second-order valence-electron chi connectivity index (χ2n) is 4.78. The number of aromatic hydroxyl groups is 2. The van der Waals surface area contributed by atoms with Crippen LogP contribution in [0, 0.1) is 17.0 Å². The molecule has 0 aliphatic rings. The topological polar surface area (TPSA) is 114 Å². The van der Waals surface area contributed by atoms with E-state index in [1.165, 1.54) is 6.92 Å². The summed E-state index contributed by atoms with van der Waals surface area (Å²) in [5.41, 5.74) is -2.92. The lowest BCUT2D eigenvalue weighted by Gasteiger charge is -2.10. The number of nitro groups is 1. The van der Waals surface area contributed by atoms with Crippen molar-refractivity contribution in [3.05, 3.63) is 56.9 Å². The number of carbonyl (C=O) groups excluding carboxylic acids is 1. The lowest BCUT2D eigenvalue weighted by molar-refractivity contribution is -0.386. The fourth-order valence-corrected chi connectivity index (χ4v) is 1.99. The standard InChI is InChI=1S/C14H9F3N2O5/c1-6-8(2-3-11(18-6)14(15,16)17)12(21)7-4-9(19(23)24)13(22)10(20)5-7/h2-5,20,22H,1H3. The van der Waals surface area contributed by atoms with Gasteiger partial charge in [-0.1, -0.05) is 0 Å². The van der Waals surface area contributed by atoms with Gasteiger partial charge in [-0.25, -0.2) is 4.98 Å². The minimum absolute atomic E-state index is 0.220. The Hall–Kier alpha value is -3.17. The van der Waals surface area contributed by atoms with Gasteiger partial charge in [0.15, 0.2) is 11.5 Å². The van der Waals surface area contributed by atoms with Gasteiger partial charge < -0.3 is 10.2 Å². The van der Waals surface area contributed by atoms with Crippen molar-refractivity contribution in [2.75, 3.05) is 0 Å². The summed E-state index contributed by atoms with van der Waals surface area (Å²) >= 11 is 0. The zero-order valence-electron chi connectivity index (χ0n) is 12.0. The van der Waals surface area contributed by atoms with Gasteiger partial charge in [0, 0.05) is 22.9 Å². The number of halogens is 3. The van der Waals surface area contributed by atoms with Crippen LogP contribution in [0.2, 0.25) is 0 Å². The summed E-state index contributed by atoms with van der Waals surface area (Å²) in [6, 6.07) is 2.99. The van der Waals surface area contributed by atoms with Gasteiger partial charge in [0.2, 0.25) is 5.75 Å². The van der Waals surface area contributed by atoms with Crippen LogP contribution in [0.15, 0.2) is 24.3 Å². The summed E-state index contributed by atoms with van der Waals surface area (Å²) in [6.07, 6.45) is -4.68. The van der Waals surface area contributed by atoms with Gasteiger partial charge in [-0.05, 0) is 25.1 Å². The van der Waals surface area contributed by atoms with Crippen LogP contribution in [0.1, 0.15) is 27.3 Å². The molecular formula is C14H9F3N2O5. The van der Waals surface area contributed by atoms with E-state index in [9.17, 15) is 38.3 Å². The highest BCUT2D eigenvalue weighted by Crippen LogP contribution is 2.37. The predicted octanol–water partition coefficient (Wildman–Crippen LogP) is 2.96. The van der Waals surface area contributed by atoms with Gasteiger partial charge in [-0.3, -0.25) is 14.9 Å². The summed E-state index contributed by atoms with van der Waals surface area (Å²) < 4.78 is 37.7. The Balaban J connectivity index is 2.52. The second-order valence-corrected chi connectivity index (χ2v) is 4.78. The van der Waals surface area contributed by atoms with Crippen molar-refractivity contribution in [1.29, 1.82) is 0 Å². The van der Waals surface area contributed by atoms with Gasteiger partial charge in [0.05, 0.1) is 4.92 Å². The van der Waals surface area contributed by atoms with E-state index < -0.39 is 39.8 Å². The molecule has 24 heavy (non-hydrogen) atoms. The van der Waals surface area contributed by atoms with E-state index in [0.717, 1.165) is 12.1 Å². The third kappa shape index (κ3) is 3.12. The van der Waals surface area contributed by atoms with Gasteiger partial charge >= 0.3 is 11.9 Å². The van der Waals surface area contributed by atoms with Crippen molar-refractivity contribution in [1.82, 2.24) is 4.98 Å². The van der Waals surface area contributed by atoms with E-state index in [1.54, 1.807) is 0 Å². The van der Waals surface area contributed by atoms with E-state index in [4.69, 9.17) is 0 Å². The van der Waals surface area contributed by atoms with E-state index in [0.29, 0.717) is 12.1 Å². The first-order valence-electron chi connectivity index (χ1n) is 6.32. The number of hydrogen-bond acceptors (Lipinski definition) is 6. The van der Waals surface area contributed by atoms with E-state index in [-0.39, 0.29) is 16.8 Å². The molecule has 0 fully saturated rings. The fraction of sp³-hybridized carbons (Fsp3) is 0.143. The van der Waals surface area contributed by atoms with Crippen molar-refractivity contribution < 1.29 is 33.1 Å². The molecule has 2 aromatic rings. The number of carbonyl (C=O) groups is 1. The number of pyridine rings is 1. The quantitative estimate of drug-likeness (QED) is 0.384. The summed E-state index contributed by atoms with van der Waals surface area (Å²) in [7, 11) is 0. The van der Waals surface area contributed by atoms with Gasteiger partial charge in [-0.15, -0.1) is 0 Å². The number of alkyl halides is 3. The van der Waals surface area contributed by atoms with Crippen molar-refractivity contribution in [2.45, 2.75) is 13.1 Å². The highest BCUT2D eigenvalue weighted by molar-refractivity contribution is 6.10. The molecular weight excluding hydrogens is 333 g/mol. The molecule has 0 aliphatic heterocycles. The number of hydrogen-bond donors (Lipinski definition) is 2. The number of ketones is 1. The summed E-state index contributed by atoms with van der Waals surface area (Å²) in [5.74, 6) is -2.80. The molecule has 0 unspecified atom stereocenters. The molecule has 1 heterocycles. The lowest BCUT2D eigenvalue weighted by Crippen LogP contribution is -2.12. The monoisotopic (exact) mass is 342 g/mol. The first kappa shape index (κ1) is 17.2. The number of benzene rings is 1. The smallest absolute Gasteiger partial charge is 0.433 e. The molecule has 0 saturated heterocycles. The molecule has 1 aromatic carbocycles. The third-order valence-electron chi connectivity index (χ3n) is 3.15. The van der Waals surface area contributed by atoms with Crippen molar-refractivity contribution in [2.24, 2.45) is 0 Å². The Bertz CT molecular complexity index is 849. The minimum Gasteiger partial charge on any atom is -0.504 e. The van der Waals surface area contributed by atoms with E-state index >= 15 is 0 Å². The molecule has 0 atom stereocenters. The third-order valence-corrected chi connectivity index (χ3v) is 3.15. The minimum atomic E-state index is -4.68. The Labute approximate surface area is 132 Å². The number of nitro benzene ring substituents is 1. The maximum absolute atomic E-state index is 12.6. The first-order chi connectivity index (χ1) is 11.0. The average Bonchev–Trinajstić information content (AvgIpc) is 2.47. The van der Waals surface area contributed by atoms with Crippen molar-refractivity contribution in [3.63, 3.8) is 0 Å². The summed E-state index contributed by atoms with van der Waals surface area (Å²) in [6.45, 7) is 1.18. The van der Waals surface area contributed by atoms with Crippen LogP contribution in [-0.4, -0.2) is 25.9 Å². The van der Waals surface area contributed by atoms with Crippen molar-refractivity contribution >= 4 is 11.5 Å². The molecule has 1 aromatic heterocycles. The average molecular weight is 342 g/mol. The molecule has 0 radical (unpaired) electrons. The number of nitrogens with zero attached hydrogens (tertiary/aromatic N) is 2. The van der Waals surface area contributed by atoms with Crippen LogP contribution in [0.25, 0.3) is 0 Å². The molecule has 0 saturated carbocycles. The Morgan fingerprint density at radius 3 is 2.38 bits per heavy atom. The first-order valence-corrected chi connectivity index (χ1v) is 6.32. The Morgan fingerprint density at radius 2 is 1.88 bits per heavy atom. The molecule has 2 N–H and O–H groups in total. The summed E-state index contributed by atoms with van der Waals surface area (Å²) in [5, 5.41) is 29.7. The zero-order chi connectivity index (χ0) is 18.2. The predicted molar refractivity (Wildman–Crippen MR) is 73.8 cm³/mol. The molecule has 0 bridgehead atoms. The number of rotatable bonds is 3. The maximum atomic E-state index is 12.6. The fourth-order valence-electron chi connectivity index (χ4n) is 1.99. The van der Waals surface area contributed by atoms with Crippen LogP contribution in [0.5, 0.6) is 11.5 Å². The number of phenols is 2. The van der Waals surface area contributed by atoms with Gasteiger partial charge in [-0.2, -0.15) is 13.2 Å². The van der Waals surface area contributed by atoms with Crippen LogP contribution in [-0.2, 0) is 6.18 Å². The summed E-state index contributed by atoms with van der Waals surface area (Å²) in [4.78, 5) is 25.4. The molecule has 10 heteroatoms. The van der Waals surface area contributed by atoms with Gasteiger partial charge in [0.25, 0.3) is 0 Å². The molecule has 0 spiro atoms. The molecule has 0 aliphatic carbocycles. The zero-order valence-corrected chi connectivity index (χ0v) is 12.0. The highest BCUT2D eigenvalue weighted by Gasteiger charge is 2.33. The Morgan fingerprint density at radius 1 is 1.25 bits per heavy atom.